The third kappa shape index (κ3) is 3.58. The van der Waals surface area contributed by atoms with Crippen LogP contribution in [0.3, 0.4) is 0 Å². The summed E-state index contributed by atoms with van der Waals surface area (Å²) < 4.78 is 0. The van der Waals surface area contributed by atoms with Gasteiger partial charge < -0.3 is 5.11 Å². The Morgan fingerprint density at radius 1 is 1.06 bits per heavy atom. The highest BCUT2D eigenvalue weighted by Gasteiger charge is 2.26. The van der Waals surface area contributed by atoms with Crippen LogP contribution in [0.2, 0.25) is 0 Å². The topological polar surface area (TPSA) is 95.4 Å². The largest absolute Gasteiger partial charge is 0.508 e. The van der Waals surface area contributed by atoms with Crippen molar-refractivity contribution in [2.24, 2.45) is 0 Å². The van der Waals surface area contributed by atoms with E-state index in [-0.39, 0.29) is 5.75 Å². The summed E-state index contributed by atoms with van der Waals surface area (Å²) in [6, 6.07) is 11.0. The summed E-state index contributed by atoms with van der Waals surface area (Å²) in [4.78, 5) is 36.4. The van der Waals surface area contributed by atoms with E-state index in [1.807, 2.05) is 36.6 Å². The molecule has 7 nitrogen and oxygen atoms in total. The summed E-state index contributed by atoms with van der Waals surface area (Å²) in [6.45, 7) is 1.99. The predicted octanol–water partition coefficient (Wildman–Crippen LogP) is 4.28. The fraction of sp³-hybridized carbons (Fsp3) is 0.0909. The molecule has 0 aliphatic carbocycles. The van der Waals surface area contributed by atoms with E-state index in [1.54, 1.807) is 23.5 Å². The van der Waals surface area contributed by atoms with Crippen LogP contribution in [-0.2, 0) is 16.0 Å². The number of imide groups is 1. The maximum Gasteiger partial charge on any atom is 0.272 e. The van der Waals surface area contributed by atoms with Crippen molar-refractivity contribution in [3.05, 3.63) is 69.9 Å². The van der Waals surface area contributed by atoms with Crippen LogP contribution in [0, 0.1) is 6.92 Å². The molecule has 2 amide bonds. The van der Waals surface area contributed by atoms with Gasteiger partial charge >= 0.3 is 0 Å². The molecule has 0 atom stereocenters. The first-order valence-electron chi connectivity index (χ1n) is 9.44. The number of aromatic hydroxyl groups is 1. The quantitative estimate of drug-likeness (QED) is 0.443. The number of fused-ring (bicyclic) bond motifs is 1. The molecule has 9 heteroatoms. The van der Waals surface area contributed by atoms with Crippen molar-refractivity contribution in [2.75, 3.05) is 5.43 Å². The second-order valence-electron chi connectivity index (χ2n) is 7.00. The predicted molar refractivity (Wildman–Crippen MR) is 121 cm³/mol. The number of phenolic OH excluding ortho intramolecular Hbond substituents is 1. The number of thiophene rings is 2. The van der Waals surface area contributed by atoms with Gasteiger partial charge in [-0.3, -0.25) is 15.0 Å². The Labute approximate surface area is 185 Å². The highest BCUT2D eigenvalue weighted by molar-refractivity contribution is 7.19. The van der Waals surface area contributed by atoms with E-state index >= 15 is 0 Å². The Hall–Kier alpha value is -3.56. The van der Waals surface area contributed by atoms with E-state index in [0.29, 0.717) is 18.1 Å². The number of nitrogens with one attached hydrogen (secondary N) is 1. The average Bonchev–Trinajstić information content (AvgIpc) is 3.47. The highest BCUT2D eigenvalue weighted by atomic mass is 32.1. The summed E-state index contributed by atoms with van der Waals surface area (Å²) >= 11 is 3.08. The number of rotatable bonds is 5. The van der Waals surface area contributed by atoms with E-state index in [9.17, 15) is 14.7 Å². The Morgan fingerprint density at radius 3 is 2.48 bits per heavy atom. The minimum atomic E-state index is -0.438. The number of hydrazine groups is 1. The molecule has 31 heavy (non-hydrogen) atoms. The van der Waals surface area contributed by atoms with E-state index in [0.717, 1.165) is 36.1 Å². The lowest BCUT2D eigenvalue weighted by Crippen LogP contribution is -2.36. The fourth-order valence-electron chi connectivity index (χ4n) is 3.37. The van der Waals surface area contributed by atoms with Crippen molar-refractivity contribution in [2.45, 2.75) is 13.3 Å². The molecule has 0 unspecified atom stereocenters. The first-order chi connectivity index (χ1) is 15.0. The second-order valence-corrected chi connectivity index (χ2v) is 9.04. The van der Waals surface area contributed by atoms with Crippen molar-refractivity contribution < 1.29 is 14.7 Å². The number of nitrogens with zero attached hydrogens (tertiary/aromatic N) is 3. The number of benzene rings is 1. The van der Waals surface area contributed by atoms with Gasteiger partial charge in [-0.25, -0.2) is 9.97 Å². The maximum atomic E-state index is 12.1. The molecular formula is C22H16N4O3S2. The summed E-state index contributed by atoms with van der Waals surface area (Å²) in [5, 5.41) is 13.2. The van der Waals surface area contributed by atoms with Crippen molar-refractivity contribution in [3.8, 4) is 16.5 Å². The summed E-state index contributed by atoms with van der Waals surface area (Å²) in [5.41, 5.74) is 4.95. The summed E-state index contributed by atoms with van der Waals surface area (Å²) in [7, 11) is 0. The van der Waals surface area contributed by atoms with Gasteiger partial charge in [0.2, 0.25) is 0 Å². The van der Waals surface area contributed by atoms with Crippen LogP contribution >= 0.6 is 22.7 Å². The van der Waals surface area contributed by atoms with Crippen LogP contribution in [0.1, 0.15) is 16.0 Å². The Balaban J connectivity index is 1.62. The number of hydrogen-bond acceptors (Lipinski definition) is 8. The van der Waals surface area contributed by atoms with E-state index in [1.165, 1.54) is 23.5 Å². The molecule has 2 N–H and O–H groups in total. The number of aromatic nitrogens is 2. The lowest BCUT2D eigenvalue weighted by atomic mass is 10.1. The number of anilines is 1. The van der Waals surface area contributed by atoms with Crippen LogP contribution in [0.25, 0.3) is 20.9 Å². The average molecular weight is 449 g/mol. The second kappa shape index (κ2) is 7.60. The number of hydrogen-bond donors (Lipinski definition) is 2. The highest BCUT2D eigenvalue weighted by Crippen LogP contribution is 2.37. The number of carbonyl (C=O) groups excluding carboxylic acids is 2. The molecule has 1 aliphatic heterocycles. The first-order valence-corrected chi connectivity index (χ1v) is 11.1. The maximum absolute atomic E-state index is 12.1. The normalized spacial score (nSPS) is 13.5. The van der Waals surface area contributed by atoms with Gasteiger partial charge in [-0.1, -0.05) is 18.2 Å². The van der Waals surface area contributed by atoms with Gasteiger partial charge in [-0.2, -0.15) is 5.01 Å². The molecule has 4 heterocycles. The van der Waals surface area contributed by atoms with Crippen LogP contribution < -0.4 is 5.43 Å². The minimum absolute atomic E-state index is 0.225. The number of aryl methyl sites for hydroxylation is 1. The lowest BCUT2D eigenvalue weighted by molar-refractivity contribution is -0.135. The number of phenols is 1. The molecule has 1 aliphatic rings. The van der Waals surface area contributed by atoms with Gasteiger partial charge in [0.25, 0.3) is 11.8 Å². The summed E-state index contributed by atoms with van der Waals surface area (Å²) in [5.74, 6) is 0.306. The van der Waals surface area contributed by atoms with E-state index < -0.39 is 11.8 Å². The molecule has 1 aromatic carbocycles. The minimum Gasteiger partial charge on any atom is -0.508 e. The summed E-state index contributed by atoms with van der Waals surface area (Å²) in [6.07, 6.45) is 3.12. The van der Waals surface area contributed by atoms with Gasteiger partial charge in [0, 0.05) is 23.5 Å². The molecule has 5 rings (SSSR count). The van der Waals surface area contributed by atoms with E-state index in [4.69, 9.17) is 4.98 Å². The Bertz CT molecular complexity index is 1320. The van der Waals surface area contributed by atoms with Gasteiger partial charge in [-0.05, 0) is 41.6 Å². The van der Waals surface area contributed by atoms with Crippen LogP contribution in [-0.4, -0.2) is 31.9 Å². The third-order valence-electron chi connectivity index (χ3n) is 4.96. The molecule has 3 aromatic heterocycles. The van der Waals surface area contributed by atoms with E-state index in [2.05, 4.69) is 10.4 Å². The van der Waals surface area contributed by atoms with Crippen molar-refractivity contribution in [3.63, 3.8) is 0 Å². The Kier molecular flexibility index (Phi) is 4.76. The van der Waals surface area contributed by atoms with Crippen LogP contribution in [0.15, 0.2) is 53.9 Å². The van der Waals surface area contributed by atoms with Crippen molar-refractivity contribution >= 4 is 50.5 Å². The standard InChI is InChI=1S/C22H16N4O3S2/c1-12-16(11-13-4-6-14(27)7-5-13)31-22-19(12)21(25-26-17(28)8-9-18(26)29)23-20(24-22)15-3-2-10-30-15/h2-10,27H,11H2,1H3,(H,23,24,25). The molecule has 154 valence electrons. The van der Waals surface area contributed by atoms with Crippen molar-refractivity contribution in [1.29, 1.82) is 0 Å². The molecule has 0 saturated carbocycles. The molecule has 4 aromatic rings. The SMILES string of the molecule is Cc1c(Cc2ccc(O)cc2)sc2nc(-c3cccs3)nc(NN3C(=O)C=CC3=O)c12. The third-order valence-corrected chi connectivity index (χ3v) is 7.01. The molecule has 0 spiro atoms. The van der Waals surface area contributed by atoms with Crippen LogP contribution in [0.4, 0.5) is 5.82 Å². The zero-order valence-corrected chi connectivity index (χ0v) is 18.0. The number of carbonyl (C=O) groups is 2. The van der Waals surface area contributed by atoms with Gasteiger partial charge in [-0.15, -0.1) is 22.7 Å². The smallest absolute Gasteiger partial charge is 0.272 e. The van der Waals surface area contributed by atoms with Crippen LogP contribution in [0.5, 0.6) is 5.75 Å². The van der Waals surface area contributed by atoms with Gasteiger partial charge in [0.05, 0.1) is 10.3 Å². The van der Waals surface area contributed by atoms with Gasteiger partial charge in [0.1, 0.15) is 10.6 Å². The fourth-order valence-corrected chi connectivity index (χ4v) is 5.23. The monoisotopic (exact) mass is 448 g/mol. The Morgan fingerprint density at radius 2 is 1.81 bits per heavy atom. The lowest BCUT2D eigenvalue weighted by Gasteiger charge is -2.17. The first kappa shape index (κ1) is 19.4. The molecule has 0 fully saturated rings. The zero-order valence-electron chi connectivity index (χ0n) is 16.3. The molecule has 0 radical (unpaired) electrons. The number of amides is 2. The van der Waals surface area contributed by atoms with Crippen molar-refractivity contribution in [1.82, 2.24) is 15.0 Å². The molecular weight excluding hydrogens is 432 g/mol. The van der Waals surface area contributed by atoms with Gasteiger partial charge in [0.15, 0.2) is 11.6 Å². The molecule has 0 saturated heterocycles. The molecule has 0 bridgehead atoms. The zero-order chi connectivity index (χ0) is 21.5.